The molecule has 0 radical (unpaired) electrons. The van der Waals surface area contributed by atoms with Crippen LogP contribution in [-0.4, -0.2) is 18.7 Å². The largest absolute Gasteiger partial charge is 0.341 e. The minimum Gasteiger partial charge on any atom is -0.341 e. The third kappa shape index (κ3) is 2.52. The molecule has 0 amide bonds. The summed E-state index contributed by atoms with van der Waals surface area (Å²) in [6.07, 6.45) is 0.795. The van der Waals surface area contributed by atoms with Crippen molar-refractivity contribution in [3.05, 3.63) is 71.9 Å². The molecule has 0 fully saturated rings. The fourth-order valence-corrected chi connectivity index (χ4v) is 5.52. The van der Waals surface area contributed by atoms with Gasteiger partial charge >= 0.3 is 5.69 Å². The quantitative estimate of drug-likeness (QED) is 0.482. The molecule has 4 heterocycles. The summed E-state index contributed by atoms with van der Waals surface area (Å²) < 4.78 is 4.76. The zero-order chi connectivity index (χ0) is 21.2. The van der Waals surface area contributed by atoms with Gasteiger partial charge in [-0.1, -0.05) is 23.7 Å². The van der Waals surface area contributed by atoms with Crippen LogP contribution in [0.5, 0.6) is 0 Å². The monoisotopic (exact) mass is 437 g/mol. The lowest BCUT2D eigenvalue weighted by atomic mass is 10.0. The van der Waals surface area contributed by atoms with Crippen LogP contribution < -0.4 is 11.2 Å². The van der Waals surface area contributed by atoms with E-state index in [0.717, 1.165) is 32.9 Å². The van der Waals surface area contributed by atoms with E-state index in [0.29, 0.717) is 28.2 Å². The van der Waals surface area contributed by atoms with Crippen molar-refractivity contribution >= 4 is 33.8 Å². The maximum atomic E-state index is 13.2. The van der Waals surface area contributed by atoms with Gasteiger partial charge in [-0.2, -0.15) is 5.26 Å². The Labute approximate surface area is 180 Å². The predicted octanol–water partition coefficient (Wildman–Crippen LogP) is 3.22. The van der Waals surface area contributed by atoms with Gasteiger partial charge in [0.1, 0.15) is 10.2 Å². The molecule has 0 spiro atoms. The average molecular weight is 438 g/mol. The van der Waals surface area contributed by atoms with Crippen LogP contribution in [0.25, 0.3) is 22.2 Å². The molecule has 0 unspecified atom stereocenters. The average Bonchev–Trinajstić information content (AvgIpc) is 3.44. The number of hydrogen-bond donors (Lipinski definition) is 0. The number of rotatable bonds is 2. The number of nitriles is 1. The number of aromatic nitrogens is 4. The first kappa shape index (κ1) is 18.9. The Morgan fingerprint density at radius 2 is 2.07 bits per heavy atom. The van der Waals surface area contributed by atoms with E-state index in [1.165, 1.54) is 23.0 Å². The normalized spacial score (nSPS) is 15.5. The van der Waals surface area contributed by atoms with E-state index in [-0.39, 0.29) is 17.2 Å². The summed E-state index contributed by atoms with van der Waals surface area (Å²) in [4.78, 5) is 30.4. The van der Waals surface area contributed by atoms with Crippen LogP contribution in [0.2, 0.25) is 5.15 Å². The Hall–Kier alpha value is -3.15. The lowest BCUT2D eigenvalue weighted by molar-refractivity contribution is 0.705. The molecule has 0 aliphatic carbocycles. The van der Waals surface area contributed by atoms with Crippen LogP contribution in [-0.2, 0) is 20.6 Å². The first-order valence-electron chi connectivity index (χ1n) is 9.36. The lowest BCUT2D eigenvalue weighted by Crippen LogP contribution is -2.37. The molecule has 0 bridgehead atoms. The van der Waals surface area contributed by atoms with Crippen molar-refractivity contribution in [1.29, 1.82) is 5.26 Å². The first-order valence-corrected chi connectivity index (χ1v) is 10.6. The fraction of sp³-hybridized carbons (Fsp3) is 0.238. The van der Waals surface area contributed by atoms with Gasteiger partial charge in [0.15, 0.2) is 0 Å². The number of thiazole rings is 1. The van der Waals surface area contributed by atoms with Gasteiger partial charge in [-0.3, -0.25) is 13.9 Å². The van der Waals surface area contributed by atoms with Gasteiger partial charge in [-0.25, -0.2) is 9.78 Å². The first-order chi connectivity index (χ1) is 14.4. The topological polar surface area (TPSA) is 85.6 Å². The molecule has 30 heavy (non-hydrogen) atoms. The minimum atomic E-state index is -0.374. The van der Waals surface area contributed by atoms with Gasteiger partial charge in [0.25, 0.3) is 5.56 Å². The van der Waals surface area contributed by atoms with Gasteiger partial charge in [0.2, 0.25) is 0 Å². The van der Waals surface area contributed by atoms with E-state index in [1.54, 1.807) is 30.6 Å². The van der Waals surface area contributed by atoms with Crippen LogP contribution >= 0.6 is 22.9 Å². The summed E-state index contributed by atoms with van der Waals surface area (Å²) in [6, 6.07) is 9.36. The summed E-state index contributed by atoms with van der Waals surface area (Å²) >= 11 is 7.55. The van der Waals surface area contributed by atoms with Crippen molar-refractivity contribution in [1.82, 2.24) is 18.7 Å². The van der Waals surface area contributed by atoms with Crippen LogP contribution in [0, 0.1) is 11.3 Å². The molecule has 0 saturated carbocycles. The van der Waals surface area contributed by atoms with Gasteiger partial charge in [-0.15, -0.1) is 11.3 Å². The second kappa shape index (κ2) is 6.69. The SMILES string of the molecule is Cn1c(=O)c2c(-c3cccc(C#N)c3)n3c(c2n(C)c1=O)[C@@H](c1nc(Cl)cs1)CC3. The molecule has 1 aliphatic rings. The summed E-state index contributed by atoms with van der Waals surface area (Å²) in [5, 5.41) is 12.9. The number of halogens is 1. The fourth-order valence-electron chi connectivity index (χ4n) is 4.42. The Balaban J connectivity index is 1.94. The highest BCUT2D eigenvalue weighted by molar-refractivity contribution is 7.10. The molecule has 4 aromatic rings. The second-order valence-electron chi connectivity index (χ2n) is 7.36. The predicted molar refractivity (Wildman–Crippen MR) is 116 cm³/mol. The number of benzene rings is 1. The van der Waals surface area contributed by atoms with Crippen LogP contribution in [0.4, 0.5) is 0 Å². The molecular weight excluding hydrogens is 422 g/mol. The third-order valence-corrected chi connectivity index (χ3v) is 7.01. The van der Waals surface area contributed by atoms with Crippen LogP contribution in [0.3, 0.4) is 0 Å². The van der Waals surface area contributed by atoms with Crippen LogP contribution in [0.15, 0.2) is 39.2 Å². The zero-order valence-corrected chi connectivity index (χ0v) is 17.8. The maximum absolute atomic E-state index is 13.2. The lowest BCUT2D eigenvalue weighted by Gasteiger charge is -2.10. The second-order valence-corrected chi connectivity index (χ2v) is 8.63. The number of aryl methyl sites for hydroxylation is 1. The van der Waals surface area contributed by atoms with Crippen molar-refractivity contribution in [2.75, 3.05) is 0 Å². The van der Waals surface area contributed by atoms with E-state index < -0.39 is 0 Å². The number of fused-ring (bicyclic) bond motifs is 3. The molecule has 1 atom stereocenters. The zero-order valence-electron chi connectivity index (χ0n) is 16.2. The molecule has 9 heteroatoms. The third-order valence-electron chi connectivity index (χ3n) is 5.73. The van der Waals surface area contributed by atoms with Crippen LogP contribution in [0.1, 0.15) is 28.6 Å². The number of hydrogen-bond acceptors (Lipinski definition) is 5. The molecule has 0 saturated heterocycles. The summed E-state index contributed by atoms with van der Waals surface area (Å²) in [6.45, 7) is 0.676. The molecule has 1 aliphatic heterocycles. The summed E-state index contributed by atoms with van der Waals surface area (Å²) in [5.41, 5.74) is 2.82. The Morgan fingerprint density at radius 1 is 1.27 bits per heavy atom. The van der Waals surface area contributed by atoms with Gasteiger partial charge in [0, 0.05) is 31.6 Å². The van der Waals surface area contributed by atoms with E-state index in [2.05, 4.69) is 15.6 Å². The van der Waals surface area contributed by atoms with E-state index >= 15 is 0 Å². The van der Waals surface area contributed by atoms with E-state index in [9.17, 15) is 14.9 Å². The summed E-state index contributed by atoms with van der Waals surface area (Å²) in [5.74, 6) is -0.0596. The van der Waals surface area contributed by atoms with Gasteiger partial charge in [0.05, 0.1) is 39.8 Å². The minimum absolute atomic E-state index is 0.0596. The Bertz CT molecular complexity index is 1500. The molecule has 5 rings (SSSR count). The van der Waals surface area contributed by atoms with E-state index in [1.807, 2.05) is 6.07 Å². The Morgan fingerprint density at radius 3 is 2.77 bits per heavy atom. The smallest absolute Gasteiger partial charge is 0.331 e. The van der Waals surface area contributed by atoms with Crippen molar-refractivity contribution in [3.63, 3.8) is 0 Å². The molecule has 150 valence electrons. The highest BCUT2D eigenvalue weighted by Crippen LogP contribution is 2.44. The Kier molecular flexibility index (Phi) is 4.20. The highest BCUT2D eigenvalue weighted by atomic mass is 35.5. The van der Waals surface area contributed by atoms with Crippen molar-refractivity contribution in [2.24, 2.45) is 14.1 Å². The van der Waals surface area contributed by atoms with Crippen molar-refractivity contribution in [3.8, 4) is 17.3 Å². The molecule has 1 aromatic carbocycles. The molecule has 7 nitrogen and oxygen atoms in total. The van der Waals surface area contributed by atoms with Crippen molar-refractivity contribution in [2.45, 2.75) is 18.9 Å². The van der Waals surface area contributed by atoms with Gasteiger partial charge < -0.3 is 4.57 Å². The maximum Gasteiger partial charge on any atom is 0.331 e. The highest BCUT2D eigenvalue weighted by Gasteiger charge is 2.35. The van der Waals surface area contributed by atoms with E-state index in [4.69, 9.17) is 11.6 Å². The molecule has 0 N–H and O–H groups in total. The summed E-state index contributed by atoms with van der Waals surface area (Å²) in [7, 11) is 3.17. The standard InChI is InChI=1S/C21H16ClN5O2S/c1-25-18-15(20(28)26(2)21(25)29)16(12-5-3-4-11(8-12)9-23)27-7-6-13(17(18)27)19-24-14(22)10-30-19/h3-5,8,10,13H,6-7H2,1-2H3/t13-/m0/s1. The molecule has 3 aromatic heterocycles. The molecular formula is C21H16ClN5O2S. The van der Waals surface area contributed by atoms with Crippen molar-refractivity contribution < 1.29 is 0 Å². The number of nitrogens with zero attached hydrogens (tertiary/aromatic N) is 5. The van der Waals surface area contributed by atoms with Gasteiger partial charge in [-0.05, 0) is 18.6 Å².